The van der Waals surface area contributed by atoms with E-state index in [0.29, 0.717) is 11.8 Å². The molecule has 0 amide bonds. The summed E-state index contributed by atoms with van der Waals surface area (Å²) in [5.41, 5.74) is 4.50. The van der Waals surface area contributed by atoms with Crippen LogP contribution in [0.1, 0.15) is 79.6 Å². The van der Waals surface area contributed by atoms with E-state index in [9.17, 15) is 0 Å². The Morgan fingerprint density at radius 2 is 2.13 bits per heavy atom. The minimum atomic E-state index is 0.558. The Hall–Kier alpha value is -1.04. The summed E-state index contributed by atoms with van der Waals surface area (Å²) >= 11 is 0. The van der Waals surface area contributed by atoms with Crippen LogP contribution in [0.2, 0.25) is 0 Å². The molecule has 3 unspecified atom stereocenters. The van der Waals surface area contributed by atoms with Crippen molar-refractivity contribution in [1.82, 2.24) is 0 Å². The molecule has 1 aliphatic rings. The molecule has 0 aromatic rings. The average molecular weight is 315 g/mol. The lowest BCUT2D eigenvalue weighted by Gasteiger charge is -2.21. The van der Waals surface area contributed by atoms with E-state index in [2.05, 4.69) is 65.5 Å². The highest BCUT2D eigenvalue weighted by Gasteiger charge is 2.15. The molecule has 0 fully saturated rings. The van der Waals surface area contributed by atoms with Gasteiger partial charge in [-0.3, -0.25) is 0 Å². The molecule has 0 aromatic heterocycles. The van der Waals surface area contributed by atoms with E-state index in [-0.39, 0.29) is 0 Å². The first-order valence-electron chi connectivity index (χ1n) is 9.62. The summed E-state index contributed by atoms with van der Waals surface area (Å²) in [6, 6.07) is 0. The second-order valence-corrected chi connectivity index (χ2v) is 7.63. The maximum absolute atomic E-state index is 4.25. The molecule has 0 heteroatoms. The van der Waals surface area contributed by atoms with Crippen LogP contribution in [0.15, 0.2) is 47.6 Å². The highest BCUT2D eigenvalue weighted by atomic mass is 14.2. The first kappa shape index (κ1) is 20.0. The van der Waals surface area contributed by atoms with Crippen molar-refractivity contribution in [3.63, 3.8) is 0 Å². The van der Waals surface area contributed by atoms with E-state index in [1.165, 1.54) is 50.5 Å². The summed E-state index contributed by atoms with van der Waals surface area (Å²) in [5, 5.41) is 0. The van der Waals surface area contributed by atoms with E-state index < -0.39 is 0 Å². The van der Waals surface area contributed by atoms with Crippen LogP contribution < -0.4 is 0 Å². The van der Waals surface area contributed by atoms with Gasteiger partial charge in [0.25, 0.3) is 0 Å². The number of allylic oxidation sites excluding steroid dienone is 7. The molecule has 0 saturated heterocycles. The van der Waals surface area contributed by atoms with Gasteiger partial charge in [-0.1, -0.05) is 68.4 Å². The molecule has 1 rings (SSSR count). The summed E-state index contributed by atoms with van der Waals surface area (Å²) in [7, 11) is 0. The second-order valence-electron chi connectivity index (χ2n) is 7.63. The van der Waals surface area contributed by atoms with Crippen molar-refractivity contribution in [3.8, 4) is 0 Å². The Morgan fingerprint density at radius 1 is 1.39 bits per heavy atom. The maximum Gasteiger partial charge on any atom is -0.0188 e. The molecular formula is C23H38. The molecule has 1 aliphatic carbocycles. The van der Waals surface area contributed by atoms with Gasteiger partial charge in [0.2, 0.25) is 0 Å². The SMILES string of the molecule is C=C(C=CC)C(C)CC1C=C(C)CCC(C)CCC=C(CC)C1. The highest BCUT2D eigenvalue weighted by Crippen LogP contribution is 2.30. The number of rotatable bonds is 5. The van der Waals surface area contributed by atoms with Crippen LogP contribution in [0, 0.1) is 17.8 Å². The van der Waals surface area contributed by atoms with Gasteiger partial charge < -0.3 is 0 Å². The van der Waals surface area contributed by atoms with E-state index in [1.54, 1.807) is 11.1 Å². The second kappa shape index (κ2) is 10.7. The fourth-order valence-electron chi connectivity index (χ4n) is 3.58. The number of hydrogen-bond donors (Lipinski definition) is 0. The van der Waals surface area contributed by atoms with Crippen molar-refractivity contribution in [2.45, 2.75) is 79.6 Å². The monoisotopic (exact) mass is 314 g/mol. The van der Waals surface area contributed by atoms with Crippen LogP contribution in [0.4, 0.5) is 0 Å². The summed E-state index contributed by atoms with van der Waals surface area (Å²) in [5.74, 6) is 2.06. The van der Waals surface area contributed by atoms with Gasteiger partial charge in [0.15, 0.2) is 0 Å². The molecule has 0 bridgehead atoms. The van der Waals surface area contributed by atoms with Crippen LogP contribution in [0.25, 0.3) is 0 Å². The molecule has 3 atom stereocenters. The van der Waals surface area contributed by atoms with E-state index in [1.807, 2.05) is 0 Å². The molecule has 23 heavy (non-hydrogen) atoms. The third-order valence-corrected chi connectivity index (χ3v) is 5.29. The zero-order chi connectivity index (χ0) is 17.2. The van der Waals surface area contributed by atoms with Gasteiger partial charge >= 0.3 is 0 Å². The van der Waals surface area contributed by atoms with Gasteiger partial charge in [0.05, 0.1) is 0 Å². The summed E-state index contributed by atoms with van der Waals surface area (Å²) in [4.78, 5) is 0. The van der Waals surface area contributed by atoms with Crippen LogP contribution in [-0.4, -0.2) is 0 Å². The molecule has 0 nitrogen and oxygen atoms in total. The topological polar surface area (TPSA) is 0 Å². The van der Waals surface area contributed by atoms with E-state index in [0.717, 1.165) is 5.92 Å². The predicted octanol–water partition coefficient (Wildman–Crippen LogP) is 7.64. The minimum Gasteiger partial charge on any atom is -0.0956 e. The quantitative estimate of drug-likeness (QED) is 0.361. The Bertz CT molecular complexity index is 447. The summed E-state index contributed by atoms with van der Waals surface area (Å²) < 4.78 is 0. The first-order chi connectivity index (χ1) is 11.0. The Kier molecular flexibility index (Phi) is 9.29. The summed E-state index contributed by atoms with van der Waals surface area (Å²) in [6.45, 7) is 15.7. The number of hydrogen-bond acceptors (Lipinski definition) is 0. The van der Waals surface area contributed by atoms with Gasteiger partial charge in [0.1, 0.15) is 0 Å². The molecule has 0 aromatic carbocycles. The lowest BCUT2D eigenvalue weighted by atomic mass is 9.84. The van der Waals surface area contributed by atoms with Gasteiger partial charge in [-0.05, 0) is 76.5 Å². The molecule has 0 saturated carbocycles. The minimum absolute atomic E-state index is 0.558. The van der Waals surface area contributed by atoms with Gasteiger partial charge in [-0.25, -0.2) is 0 Å². The third-order valence-electron chi connectivity index (χ3n) is 5.29. The molecule has 0 N–H and O–H groups in total. The maximum atomic E-state index is 4.25. The molecule has 130 valence electrons. The molecule has 0 spiro atoms. The van der Waals surface area contributed by atoms with Gasteiger partial charge in [0, 0.05) is 0 Å². The third kappa shape index (κ3) is 7.86. The van der Waals surface area contributed by atoms with Crippen molar-refractivity contribution < 1.29 is 0 Å². The summed E-state index contributed by atoms with van der Waals surface area (Å²) in [6.07, 6.45) is 18.2. The predicted molar refractivity (Wildman–Crippen MR) is 106 cm³/mol. The first-order valence-corrected chi connectivity index (χ1v) is 9.62. The molecule has 0 heterocycles. The van der Waals surface area contributed by atoms with Gasteiger partial charge in [-0.15, -0.1) is 0 Å². The zero-order valence-electron chi connectivity index (χ0n) is 16.2. The van der Waals surface area contributed by atoms with Crippen molar-refractivity contribution in [3.05, 3.63) is 47.6 Å². The van der Waals surface area contributed by atoms with Gasteiger partial charge in [-0.2, -0.15) is 0 Å². The van der Waals surface area contributed by atoms with Crippen molar-refractivity contribution in [1.29, 1.82) is 0 Å². The van der Waals surface area contributed by atoms with Crippen molar-refractivity contribution in [2.75, 3.05) is 0 Å². The van der Waals surface area contributed by atoms with Crippen LogP contribution in [-0.2, 0) is 0 Å². The molecule has 0 radical (unpaired) electrons. The smallest absolute Gasteiger partial charge is 0.0188 e. The van der Waals surface area contributed by atoms with Crippen LogP contribution in [0.5, 0.6) is 0 Å². The van der Waals surface area contributed by atoms with Crippen LogP contribution >= 0.6 is 0 Å². The standard InChI is InChI=1S/C23H38/c1-7-10-20(5)21(6)16-23-15-19(4)14-13-18(3)11-9-12-22(8-2)17-23/h7,10,12,15,18,21,23H,5,8-9,11,13-14,16-17H2,1-4,6H3. The van der Waals surface area contributed by atoms with Crippen molar-refractivity contribution in [2.24, 2.45) is 17.8 Å². The van der Waals surface area contributed by atoms with Crippen molar-refractivity contribution >= 4 is 0 Å². The lowest BCUT2D eigenvalue weighted by Crippen LogP contribution is -2.07. The Labute approximate surface area is 145 Å². The lowest BCUT2D eigenvalue weighted by molar-refractivity contribution is 0.486. The van der Waals surface area contributed by atoms with E-state index in [4.69, 9.17) is 0 Å². The van der Waals surface area contributed by atoms with Crippen LogP contribution in [0.3, 0.4) is 0 Å². The van der Waals surface area contributed by atoms with E-state index >= 15 is 0 Å². The average Bonchev–Trinajstić information content (AvgIpc) is 2.53. The Balaban J connectivity index is 2.89. The molecule has 0 aliphatic heterocycles. The Morgan fingerprint density at radius 3 is 2.78 bits per heavy atom. The normalized spacial score (nSPS) is 25.4. The highest BCUT2D eigenvalue weighted by molar-refractivity contribution is 5.18. The molecular weight excluding hydrogens is 276 g/mol. The largest absolute Gasteiger partial charge is 0.0956 e. The fraction of sp³-hybridized carbons (Fsp3) is 0.652. The fourth-order valence-corrected chi connectivity index (χ4v) is 3.58. The zero-order valence-corrected chi connectivity index (χ0v) is 16.2.